The molecule has 1 atom stereocenters. The number of pyridine rings is 1. The lowest BCUT2D eigenvalue weighted by Gasteiger charge is -2.25. The van der Waals surface area contributed by atoms with Gasteiger partial charge in [-0.15, -0.1) is 11.8 Å². The van der Waals surface area contributed by atoms with Gasteiger partial charge in [0.2, 0.25) is 0 Å². The van der Waals surface area contributed by atoms with Crippen LogP contribution in [0, 0.1) is 19.8 Å². The molecule has 1 aromatic heterocycles. The molecule has 0 saturated carbocycles. The van der Waals surface area contributed by atoms with E-state index in [1.807, 2.05) is 40.7 Å². The number of halogens is 3. The van der Waals surface area contributed by atoms with Gasteiger partial charge in [-0.05, 0) is 67.2 Å². The van der Waals surface area contributed by atoms with Crippen molar-refractivity contribution >= 4 is 23.1 Å². The molecule has 0 spiro atoms. The van der Waals surface area contributed by atoms with Crippen LogP contribution in [0.3, 0.4) is 0 Å². The number of aryl methyl sites for hydroxylation is 3. The molecule has 3 rings (SSSR count). The number of carbonyl (C=O) groups excluding carboxylic acids is 1. The molecule has 2 aromatic rings. The van der Waals surface area contributed by atoms with Gasteiger partial charge in [-0.3, -0.25) is 4.79 Å². The highest BCUT2D eigenvalue weighted by atomic mass is 32.2. The standard InChI is InChI=1S/C24H26F3NO2S.C2H6/c1-4-17-10-14(2)9-15(3)22(17)23-19(29)11-16(12-20(23)30)7-8-31-21-6-5-18(13-28-21)24(25,26)27;1-2/h5-6,9-10,13,16,29H,4,7-8,11-12H2,1-3H3;1-2H3. The van der Waals surface area contributed by atoms with Gasteiger partial charge in [0, 0.05) is 19.0 Å². The van der Waals surface area contributed by atoms with Crippen LogP contribution in [0.25, 0.3) is 5.57 Å². The minimum atomic E-state index is -4.40. The highest BCUT2D eigenvalue weighted by Crippen LogP contribution is 2.37. The molecule has 7 heteroatoms. The topological polar surface area (TPSA) is 50.2 Å². The van der Waals surface area contributed by atoms with Gasteiger partial charge < -0.3 is 5.11 Å². The zero-order chi connectivity index (χ0) is 24.8. The van der Waals surface area contributed by atoms with Gasteiger partial charge in [-0.25, -0.2) is 4.98 Å². The summed E-state index contributed by atoms with van der Waals surface area (Å²) in [5.41, 5.74) is 3.73. The zero-order valence-corrected chi connectivity index (χ0v) is 20.7. The second-order valence-electron chi connectivity index (χ2n) is 8.01. The maximum atomic E-state index is 12.9. The molecule has 1 unspecified atom stereocenters. The van der Waals surface area contributed by atoms with Crippen molar-refractivity contribution in [3.63, 3.8) is 0 Å². The molecule has 33 heavy (non-hydrogen) atoms. The smallest absolute Gasteiger partial charge is 0.417 e. The van der Waals surface area contributed by atoms with E-state index in [2.05, 4.69) is 11.1 Å². The molecule has 1 heterocycles. The van der Waals surface area contributed by atoms with Crippen LogP contribution in [0.4, 0.5) is 13.2 Å². The van der Waals surface area contributed by atoms with Crippen molar-refractivity contribution in [3.05, 3.63) is 64.0 Å². The SMILES string of the molecule is CC.CCc1cc(C)cc(C)c1C1=C(O)CC(CCSc2ccc(C(F)(F)F)cn2)CC1=O. The van der Waals surface area contributed by atoms with Crippen molar-refractivity contribution in [1.82, 2.24) is 4.98 Å². The Labute approximate surface area is 198 Å². The number of ketones is 1. The fourth-order valence-corrected chi connectivity index (χ4v) is 5.07. The second kappa shape index (κ2) is 11.7. The third-order valence-electron chi connectivity index (χ3n) is 5.56. The fraction of sp³-hybridized carbons (Fsp3) is 0.462. The number of alkyl halides is 3. The molecule has 0 radical (unpaired) electrons. The highest BCUT2D eigenvalue weighted by Gasteiger charge is 2.31. The molecule has 0 amide bonds. The van der Waals surface area contributed by atoms with Gasteiger partial charge in [0.15, 0.2) is 5.78 Å². The van der Waals surface area contributed by atoms with E-state index in [0.29, 0.717) is 35.6 Å². The first-order valence-electron chi connectivity index (χ1n) is 11.3. The Morgan fingerprint density at radius 2 is 1.85 bits per heavy atom. The lowest BCUT2D eigenvalue weighted by molar-refractivity contribution is -0.137. The Bertz CT molecular complexity index is 998. The third kappa shape index (κ3) is 6.85. The van der Waals surface area contributed by atoms with Gasteiger partial charge in [-0.1, -0.05) is 38.5 Å². The molecule has 180 valence electrons. The number of nitrogens with zero attached hydrogens (tertiary/aromatic N) is 1. The molecule has 1 aliphatic rings. The van der Waals surface area contributed by atoms with Crippen LogP contribution in [0.15, 0.2) is 41.2 Å². The lowest BCUT2D eigenvalue weighted by atomic mass is 9.80. The molecule has 0 bridgehead atoms. The summed E-state index contributed by atoms with van der Waals surface area (Å²) < 4.78 is 37.9. The van der Waals surface area contributed by atoms with Gasteiger partial charge in [-0.2, -0.15) is 13.2 Å². The van der Waals surface area contributed by atoms with Crippen molar-refractivity contribution in [2.75, 3.05) is 5.75 Å². The van der Waals surface area contributed by atoms with Crippen LogP contribution in [0.1, 0.15) is 67.9 Å². The van der Waals surface area contributed by atoms with Gasteiger partial charge in [0.25, 0.3) is 0 Å². The Balaban J connectivity index is 0.00000187. The van der Waals surface area contributed by atoms with Crippen LogP contribution in [-0.4, -0.2) is 21.6 Å². The molecule has 1 aliphatic carbocycles. The minimum absolute atomic E-state index is 0.00836. The summed E-state index contributed by atoms with van der Waals surface area (Å²) >= 11 is 1.36. The van der Waals surface area contributed by atoms with Gasteiger partial charge in [0.05, 0.1) is 16.2 Å². The number of thioether (sulfide) groups is 1. The molecule has 0 fully saturated rings. The van der Waals surface area contributed by atoms with E-state index < -0.39 is 11.7 Å². The fourth-order valence-electron chi connectivity index (χ4n) is 4.12. The van der Waals surface area contributed by atoms with E-state index in [4.69, 9.17) is 0 Å². The number of hydrogen-bond donors (Lipinski definition) is 1. The molecular weight excluding hydrogens is 447 g/mol. The monoisotopic (exact) mass is 479 g/mol. The van der Waals surface area contributed by atoms with Crippen LogP contribution in [-0.2, 0) is 17.4 Å². The zero-order valence-electron chi connectivity index (χ0n) is 19.8. The van der Waals surface area contributed by atoms with Crippen LogP contribution < -0.4 is 0 Å². The minimum Gasteiger partial charge on any atom is -0.512 e. The van der Waals surface area contributed by atoms with Crippen LogP contribution in [0.5, 0.6) is 0 Å². The second-order valence-corrected chi connectivity index (χ2v) is 9.12. The van der Waals surface area contributed by atoms with Crippen LogP contribution >= 0.6 is 11.8 Å². The summed E-state index contributed by atoms with van der Waals surface area (Å²) in [5.74, 6) is 0.713. The number of allylic oxidation sites excluding steroid dienone is 2. The Kier molecular flexibility index (Phi) is 9.58. The summed E-state index contributed by atoms with van der Waals surface area (Å²) in [5, 5.41) is 11.2. The number of benzene rings is 1. The van der Waals surface area contributed by atoms with Gasteiger partial charge >= 0.3 is 6.18 Å². The highest BCUT2D eigenvalue weighted by molar-refractivity contribution is 7.99. The summed E-state index contributed by atoms with van der Waals surface area (Å²) in [6.45, 7) is 10.0. The lowest BCUT2D eigenvalue weighted by Crippen LogP contribution is -2.20. The van der Waals surface area contributed by atoms with Crippen molar-refractivity contribution in [2.45, 2.75) is 71.5 Å². The average molecular weight is 480 g/mol. The van der Waals surface area contributed by atoms with E-state index >= 15 is 0 Å². The average Bonchev–Trinajstić information content (AvgIpc) is 2.75. The number of aliphatic hydroxyl groups excluding tert-OH is 1. The third-order valence-corrected chi connectivity index (χ3v) is 6.53. The van der Waals surface area contributed by atoms with E-state index in [-0.39, 0.29) is 17.5 Å². The van der Waals surface area contributed by atoms with E-state index in [1.165, 1.54) is 17.8 Å². The number of rotatable bonds is 6. The van der Waals surface area contributed by atoms with Crippen molar-refractivity contribution in [1.29, 1.82) is 0 Å². The van der Waals surface area contributed by atoms with Crippen LogP contribution in [0.2, 0.25) is 0 Å². The Morgan fingerprint density at radius 1 is 1.15 bits per heavy atom. The predicted molar refractivity (Wildman–Crippen MR) is 129 cm³/mol. The summed E-state index contributed by atoms with van der Waals surface area (Å²) in [6, 6.07) is 6.48. The number of aromatic nitrogens is 1. The maximum absolute atomic E-state index is 12.9. The molecule has 0 saturated heterocycles. The first-order valence-corrected chi connectivity index (χ1v) is 12.3. The predicted octanol–water partition coefficient (Wildman–Crippen LogP) is 7.74. The summed E-state index contributed by atoms with van der Waals surface area (Å²) in [6.07, 6.45) is -1.32. The van der Waals surface area contributed by atoms with E-state index in [1.54, 1.807) is 0 Å². The first kappa shape index (κ1) is 27.0. The number of carbonyl (C=O) groups is 1. The Hall–Kier alpha value is -2.28. The largest absolute Gasteiger partial charge is 0.512 e. The summed E-state index contributed by atoms with van der Waals surface area (Å²) in [7, 11) is 0. The molecule has 1 N–H and O–H groups in total. The molecule has 3 nitrogen and oxygen atoms in total. The van der Waals surface area contributed by atoms with Gasteiger partial charge in [0.1, 0.15) is 5.76 Å². The van der Waals surface area contributed by atoms with Crippen molar-refractivity contribution in [2.24, 2.45) is 5.92 Å². The number of hydrogen-bond acceptors (Lipinski definition) is 4. The summed E-state index contributed by atoms with van der Waals surface area (Å²) in [4.78, 5) is 16.8. The van der Waals surface area contributed by atoms with Crippen molar-refractivity contribution < 1.29 is 23.1 Å². The quantitative estimate of drug-likeness (QED) is 0.431. The first-order chi connectivity index (χ1) is 15.6. The molecular formula is C26H32F3NO2S. The van der Waals surface area contributed by atoms with Crippen molar-refractivity contribution in [3.8, 4) is 0 Å². The Morgan fingerprint density at radius 3 is 2.39 bits per heavy atom. The number of Topliss-reactive ketones (excluding diaryl/α,β-unsaturated/α-hetero) is 1. The van der Waals surface area contributed by atoms with E-state index in [9.17, 15) is 23.1 Å². The van der Waals surface area contributed by atoms with E-state index in [0.717, 1.165) is 40.9 Å². The molecule has 0 aliphatic heterocycles. The number of aliphatic hydroxyl groups is 1. The molecule has 1 aromatic carbocycles. The normalized spacial score (nSPS) is 16.5. The maximum Gasteiger partial charge on any atom is 0.417 e.